The highest BCUT2D eigenvalue weighted by Gasteiger charge is 2.03. The maximum absolute atomic E-state index is 4.55. The van der Waals surface area contributed by atoms with E-state index in [4.69, 9.17) is 0 Å². The predicted molar refractivity (Wildman–Crippen MR) is 80.5 cm³/mol. The van der Waals surface area contributed by atoms with Crippen LogP contribution in [-0.4, -0.2) is 18.1 Å². The largest absolute Gasteiger partial charge is 0.357 e. The molecule has 0 N–H and O–H groups in total. The van der Waals surface area contributed by atoms with Crippen molar-refractivity contribution < 1.29 is 0 Å². The Labute approximate surface area is 116 Å². The van der Waals surface area contributed by atoms with E-state index in [-0.39, 0.29) is 0 Å². The van der Waals surface area contributed by atoms with E-state index in [9.17, 15) is 0 Å². The van der Waals surface area contributed by atoms with Crippen molar-refractivity contribution in [1.82, 2.24) is 4.98 Å². The summed E-state index contributed by atoms with van der Waals surface area (Å²) in [6.45, 7) is 6.32. The van der Waals surface area contributed by atoms with Gasteiger partial charge in [-0.25, -0.2) is 4.98 Å². The molecule has 0 saturated carbocycles. The van der Waals surface area contributed by atoms with Crippen LogP contribution in [0.15, 0.2) is 42.6 Å². The van der Waals surface area contributed by atoms with Gasteiger partial charge in [0.2, 0.25) is 0 Å². The Hall–Kier alpha value is -1.83. The third kappa shape index (κ3) is 3.82. The molecule has 2 aromatic rings. The van der Waals surface area contributed by atoms with Crippen LogP contribution < -0.4 is 4.90 Å². The summed E-state index contributed by atoms with van der Waals surface area (Å²) < 4.78 is 0. The number of hydrogen-bond acceptors (Lipinski definition) is 2. The lowest BCUT2D eigenvalue weighted by Crippen LogP contribution is -2.22. The van der Waals surface area contributed by atoms with Gasteiger partial charge >= 0.3 is 0 Å². The minimum atomic E-state index is 1.00. The highest BCUT2D eigenvalue weighted by Crippen LogP contribution is 2.12. The van der Waals surface area contributed by atoms with Gasteiger partial charge in [-0.05, 0) is 49.9 Å². The fraction of sp³-hybridized carbons (Fsp3) is 0.353. The molecule has 19 heavy (non-hydrogen) atoms. The summed E-state index contributed by atoms with van der Waals surface area (Å²) in [5.41, 5.74) is 2.62. The molecule has 0 atom stereocenters. The molecule has 1 aromatic carbocycles. The second-order valence-corrected chi connectivity index (χ2v) is 4.61. The molecule has 2 nitrogen and oxygen atoms in total. The summed E-state index contributed by atoms with van der Waals surface area (Å²) in [5.74, 6) is 1.07. The van der Waals surface area contributed by atoms with Crippen LogP contribution in [0.4, 0.5) is 5.82 Å². The second kappa shape index (κ2) is 6.93. The summed E-state index contributed by atoms with van der Waals surface area (Å²) in [7, 11) is 0. The molecule has 0 aliphatic heterocycles. The van der Waals surface area contributed by atoms with Gasteiger partial charge in [-0.1, -0.05) is 30.3 Å². The van der Waals surface area contributed by atoms with Crippen LogP contribution in [0, 0.1) is 6.07 Å². The quantitative estimate of drug-likeness (QED) is 0.783. The van der Waals surface area contributed by atoms with E-state index in [0.29, 0.717) is 0 Å². The molecule has 1 radical (unpaired) electrons. The molecule has 0 fully saturated rings. The van der Waals surface area contributed by atoms with E-state index >= 15 is 0 Å². The van der Waals surface area contributed by atoms with Gasteiger partial charge in [0.25, 0.3) is 0 Å². The van der Waals surface area contributed by atoms with E-state index < -0.39 is 0 Å². The summed E-state index contributed by atoms with van der Waals surface area (Å²) >= 11 is 0. The molecular weight excluding hydrogens is 232 g/mol. The third-order valence-electron chi connectivity index (χ3n) is 3.37. The minimum absolute atomic E-state index is 1.00. The van der Waals surface area contributed by atoms with Crippen molar-refractivity contribution in [1.29, 1.82) is 0 Å². The zero-order valence-corrected chi connectivity index (χ0v) is 11.8. The molecule has 0 saturated heterocycles. The van der Waals surface area contributed by atoms with Gasteiger partial charge < -0.3 is 4.90 Å². The number of aromatic nitrogens is 1. The molecule has 1 heterocycles. The monoisotopic (exact) mass is 253 g/mol. The van der Waals surface area contributed by atoms with Crippen LogP contribution in [0.25, 0.3) is 0 Å². The fourth-order valence-corrected chi connectivity index (χ4v) is 2.17. The topological polar surface area (TPSA) is 16.1 Å². The molecule has 2 rings (SSSR count). The van der Waals surface area contributed by atoms with E-state index in [1.54, 1.807) is 0 Å². The Bertz CT molecular complexity index is 472. The van der Waals surface area contributed by atoms with Crippen molar-refractivity contribution in [2.75, 3.05) is 18.0 Å². The first-order valence-corrected chi connectivity index (χ1v) is 6.98. The lowest BCUT2D eigenvalue weighted by Gasteiger charge is -2.19. The first-order chi connectivity index (χ1) is 9.33. The van der Waals surface area contributed by atoms with Crippen LogP contribution in [0.5, 0.6) is 0 Å². The van der Waals surface area contributed by atoms with Crippen molar-refractivity contribution >= 4 is 5.82 Å². The summed E-state index contributed by atoms with van der Waals surface area (Å²) in [5, 5.41) is 0. The van der Waals surface area contributed by atoms with Crippen LogP contribution in [-0.2, 0) is 12.8 Å². The smallest absolute Gasteiger partial charge is 0.128 e. The molecule has 0 aliphatic rings. The molecule has 0 bridgehead atoms. The third-order valence-corrected chi connectivity index (χ3v) is 3.37. The molecule has 0 amide bonds. The van der Waals surface area contributed by atoms with Gasteiger partial charge in [0, 0.05) is 19.3 Å². The second-order valence-electron chi connectivity index (χ2n) is 4.61. The maximum atomic E-state index is 4.55. The van der Waals surface area contributed by atoms with Crippen molar-refractivity contribution in [3.8, 4) is 0 Å². The van der Waals surface area contributed by atoms with Crippen molar-refractivity contribution in [3.05, 3.63) is 59.8 Å². The van der Waals surface area contributed by atoms with E-state index in [1.807, 2.05) is 18.3 Å². The Morgan fingerprint density at radius 3 is 2.42 bits per heavy atom. The summed E-state index contributed by atoms with van der Waals surface area (Å²) in [6.07, 6.45) is 4.08. The molecule has 99 valence electrons. The number of anilines is 1. The number of benzene rings is 1. The van der Waals surface area contributed by atoms with Crippen LogP contribution >= 0.6 is 0 Å². The predicted octanol–water partition coefficient (Wildman–Crippen LogP) is 3.51. The van der Waals surface area contributed by atoms with Crippen molar-refractivity contribution in [2.24, 2.45) is 0 Å². The van der Waals surface area contributed by atoms with Gasteiger partial charge in [-0.3, -0.25) is 0 Å². The maximum Gasteiger partial charge on any atom is 0.128 e. The first kappa shape index (κ1) is 13.6. The average molecular weight is 253 g/mol. The van der Waals surface area contributed by atoms with Gasteiger partial charge in [-0.15, -0.1) is 0 Å². The van der Waals surface area contributed by atoms with Gasteiger partial charge in [0.15, 0.2) is 0 Å². The molecular formula is C17H21N2. The summed E-state index contributed by atoms with van der Waals surface area (Å²) in [4.78, 5) is 6.81. The Balaban J connectivity index is 1.95. The SMILES string of the molecule is CCN(CC)c1ccc(CCc2c[c]ccc2)cn1. The van der Waals surface area contributed by atoms with E-state index in [2.05, 4.69) is 54.1 Å². The summed E-state index contributed by atoms with van der Waals surface area (Å²) in [6, 6.07) is 15.6. The minimum Gasteiger partial charge on any atom is -0.357 e. The highest BCUT2D eigenvalue weighted by atomic mass is 15.2. The molecule has 1 aromatic heterocycles. The average Bonchev–Trinajstić information content (AvgIpc) is 2.49. The van der Waals surface area contributed by atoms with Crippen LogP contribution in [0.1, 0.15) is 25.0 Å². The number of rotatable bonds is 6. The molecule has 0 unspecified atom stereocenters. The Morgan fingerprint density at radius 1 is 1.05 bits per heavy atom. The van der Waals surface area contributed by atoms with Crippen LogP contribution in [0.2, 0.25) is 0 Å². The van der Waals surface area contributed by atoms with Gasteiger partial charge in [0.05, 0.1) is 0 Å². The molecule has 0 aliphatic carbocycles. The molecule has 2 heteroatoms. The Morgan fingerprint density at radius 2 is 1.84 bits per heavy atom. The van der Waals surface area contributed by atoms with Crippen molar-refractivity contribution in [2.45, 2.75) is 26.7 Å². The number of aryl methyl sites for hydroxylation is 2. The zero-order chi connectivity index (χ0) is 13.5. The fourth-order valence-electron chi connectivity index (χ4n) is 2.17. The zero-order valence-electron chi connectivity index (χ0n) is 11.8. The van der Waals surface area contributed by atoms with E-state index in [0.717, 1.165) is 31.7 Å². The lowest BCUT2D eigenvalue weighted by atomic mass is 10.1. The first-order valence-electron chi connectivity index (χ1n) is 6.98. The van der Waals surface area contributed by atoms with Crippen LogP contribution in [0.3, 0.4) is 0 Å². The standard InChI is InChI=1S/C17H21N2/c1-3-19(4-2)17-13-12-16(14-18-17)11-10-15-8-6-5-7-9-15/h5-6,8-9,12-14H,3-4,10-11H2,1-2H3. The Kier molecular flexibility index (Phi) is 4.96. The van der Waals surface area contributed by atoms with Crippen molar-refractivity contribution in [3.63, 3.8) is 0 Å². The number of hydrogen-bond donors (Lipinski definition) is 0. The highest BCUT2D eigenvalue weighted by molar-refractivity contribution is 5.39. The number of pyridine rings is 1. The lowest BCUT2D eigenvalue weighted by molar-refractivity contribution is 0.842. The van der Waals surface area contributed by atoms with E-state index in [1.165, 1.54) is 11.1 Å². The number of nitrogens with zero attached hydrogens (tertiary/aromatic N) is 2. The van der Waals surface area contributed by atoms with Gasteiger partial charge in [0.1, 0.15) is 5.82 Å². The normalized spacial score (nSPS) is 10.4. The molecule has 0 spiro atoms. The van der Waals surface area contributed by atoms with Gasteiger partial charge in [-0.2, -0.15) is 0 Å².